The van der Waals surface area contributed by atoms with Crippen LogP contribution in [0.2, 0.25) is 0 Å². The predicted octanol–water partition coefficient (Wildman–Crippen LogP) is 2.18. The van der Waals surface area contributed by atoms with Crippen molar-refractivity contribution in [3.05, 3.63) is 0 Å². The Hall–Kier alpha value is -0.0800. The molecule has 14 heavy (non-hydrogen) atoms. The van der Waals surface area contributed by atoms with Crippen molar-refractivity contribution in [3.8, 4) is 0 Å². The van der Waals surface area contributed by atoms with E-state index in [4.69, 9.17) is 10.5 Å². The van der Waals surface area contributed by atoms with Gasteiger partial charge in [0.25, 0.3) is 0 Å². The Balaban J connectivity index is 1.85. The molecule has 2 aliphatic rings. The van der Waals surface area contributed by atoms with E-state index in [9.17, 15) is 0 Å². The molecule has 1 saturated carbocycles. The zero-order chi connectivity index (χ0) is 10.0. The van der Waals surface area contributed by atoms with E-state index < -0.39 is 0 Å². The van der Waals surface area contributed by atoms with E-state index in [2.05, 4.69) is 6.92 Å². The van der Waals surface area contributed by atoms with Crippen LogP contribution < -0.4 is 5.73 Å². The molecule has 2 nitrogen and oxygen atoms in total. The van der Waals surface area contributed by atoms with Gasteiger partial charge in [-0.3, -0.25) is 0 Å². The monoisotopic (exact) mass is 197 g/mol. The highest BCUT2D eigenvalue weighted by atomic mass is 16.5. The highest BCUT2D eigenvalue weighted by molar-refractivity contribution is 4.87. The van der Waals surface area contributed by atoms with Crippen LogP contribution in [0.15, 0.2) is 0 Å². The summed E-state index contributed by atoms with van der Waals surface area (Å²) >= 11 is 0. The molecular weight excluding hydrogens is 174 g/mol. The third-order valence-corrected chi connectivity index (χ3v) is 4.03. The third-order valence-electron chi connectivity index (χ3n) is 4.03. The van der Waals surface area contributed by atoms with Crippen molar-refractivity contribution in [1.82, 2.24) is 0 Å². The van der Waals surface area contributed by atoms with Crippen molar-refractivity contribution in [1.29, 1.82) is 0 Å². The lowest BCUT2D eigenvalue weighted by Crippen LogP contribution is -2.43. The van der Waals surface area contributed by atoms with Crippen LogP contribution in [0.25, 0.3) is 0 Å². The predicted molar refractivity (Wildman–Crippen MR) is 58.0 cm³/mol. The fourth-order valence-corrected chi connectivity index (χ4v) is 3.07. The van der Waals surface area contributed by atoms with Crippen molar-refractivity contribution >= 4 is 0 Å². The van der Waals surface area contributed by atoms with Crippen LogP contribution >= 0.6 is 0 Å². The van der Waals surface area contributed by atoms with Crippen molar-refractivity contribution in [2.24, 2.45) is 23.0 Å². The van der Waals surface area contributed by atoms with Gasteiger partial charge in [0.1, 0.15) is 0 Å². The van der Waals surface area contributed by atoms with E-state index >= 15 is 0 Å². The standard InChI is InChI=1S/C12H23NO/c1-12(8-14-9-12)6-11(7-13)10-4-2-3-5-10/h10-11H,2-9,13H2,1H3. The third kappa shape index (κ3) is 2.12. The van der Waals surface area contributed by atoms with Gasteiger partial charge in [-0.25, -0.2) is 0 Å². The largest absolute Gasteiger partial charge is 0.380 e. The topological polar surface area (TPSA) is 35.2 Å². The zero-order valence-electron chi connectivity index (χ0n) is 9.30. The van der Waals surface area contributed by atoms with Crippen molar-refractivity contribution in [3.63, 3.8) is 0 Å². The van der Waals surface area contributed by atoms with Gasteiger partial charge in [-0.15, -0.1) is 0 Å². The van der Waals surface area contributed by atoms with Crippen molar-refractivity contribution < 1.29 is 4.74 Å². The molecule has 0 bridgehead atoms. The maximum absolute atomic E-state index is 5.90. The Morgan fingerprint density at radius 2 is 2.00 bits per heavy atom. The first kappa shape index (κ1) is 10.4. The number of hydrogen-bond acceptors (Lipinski definition) is 2. The van der Waals surface area contributed by atoms with Crippen LogP contribution in [0.1, 0.15) is 39.0 Å². The molecule has 1 aliphatic carbocycles. The fraction of sp³-hybridized carbons (Fsp3) is 1.00. The molecule has 2 heteroatoms. The molecule has 2 N–H and O–H groups in total. The van der Waals surface area contributed by atoms with Crippen LogP contribution in [-0.4, -0.2) is 19.8 Å². The average molecular weight is 197 g/mol. The van der Waals surface area contributed by atoms with E-state index in [-0.39, 0.29) is 0 Å². The molecule has 0 radical (unpaired) electrons. The second-order valence-electron chi connectivity index (χ2n) is 5.55. The van der Waals surface area contributed by atoms with Gasteiger partial charge in [0.05, 0.1) is 13.2 Å². The van der Waals surface area contributed by atoms with Gasteiger partial charge in [-0.2, -0.15) is 0 Å². The quantitative estimate of drug-likeness (QED) is 0.749. The van der Waals surface area contributed by atoms with Gasteiger partial charge in [0, 0.05) is 5.41 Å². The number of ether oxygens (including phenoxy) is 1. The fourth-order valence-electron chi connectivity index (χ4n) is 3.07. The summed E-state index contributed by atoms with van der Waals surface area (Å²) in [6, 6.07) is 0. The highest BCUT2D eigenvalue weighted by Crippen LogP contribution is 2.40. The van der Waals surface area contributed by atoms with E-state index in [1.165, 1.54) is 32.1 Å². The first-order valence-corrected chi connectivity index (χ1v) is 6.01. The first-order valence-electron chi connectivity index (χ1n) is 6.01. The molecule has 1 unspecified atom stereocenters. The van der Waals surface area contributed by atoms with Gasteiger partial charge < -0.3 is 10.5 Å². The smallest absolute Gasteiger partial charge is 0.0542 e. The zero-order valence-corrected chi connectivity index (χ0v) is 9.30. The van der Waals surface area contributed by atoms with E-state index in [0.717, 1.165) is 31.6 Å². The van der Waals surface area contributed by atoms with Gasteiger partial charge in [0.2, 0.25) is 0 Å². The molecule has 0 aromatic carbocycles. The van der Waals surface area contributed by atoms with Crippen LogP contribution in [0.4, 0.5) is 0 Å². The lowest BCUT2D eigenvalue weighted by Gasteiger charge is -2.41. The molecule has 0 aromatic rings. The maximum atomic E-state index is 5.90. The Morgan fingerprint density at radius 1 is 1.36 bits per heavy atom. The number of nitrogens with two attached hydrogens (primary N) is 1. The Labute approximate surface area is 87.2 Å². The summed E-state index contributed by atoms with van der Waals surface area (Å²) in [5, 5.41) is 0. The molecule has 0 aromatic heterocycles. The molecule has 1 aliphatic heterocycles. The lowest BCUT2D eigenvalue weighted by molar-refractivity contribution is -0.115. The van der Waals surface area contributed by atoms with Gasteiger partial charge >= 0.3 is 0 Å². The van der Waals surface area contributed by atoms with Crippen LogP contribution in [0.3, 0.4) is 0 Å². The molecule has 1 heterocycles. The minimum absolute atomic E-state index is 0.451. The Morgan fingerprint density at radius 3 is 2.43 bits per heavy atom. The van der Waals surface area contributed by atoms with Crippen molar-refractivity contribution in [2.45, 2.75) is 39.0 Å². The summed E-state index contributed by atoms with van der Waals surface area (Å²) in [4.78, 5) is 0. The highest BCUT2D eigenvalue weighted by Gasteiger charge is 2.37. The molecule has 82 valence electrons. The molecule has 0 amide bonds. The SMILES string of the molecule is CC1(CC(CN)C2CCCC2)COC1. The second-order valence-corrected chi connectivity index (χ2v) is 5.55. The minimum atomic E-state index is 0.451. The molecule has 0 spiro atoms. The summed E-state index contributed by atoms with van der Waals surface area (Å²) in [7, 11) is 0. The summed E-state index contributed by atoms with van der Waals surface area (Å²) in [5.41, 5.74) is 6.35. The van der Waals surface area contributed by atoms with E-state index in [1.807, 2.05) is 0 Å². The maximum Gasteiger partial charge on any atom is 0.0542 e. The second kappa shape index (κ2) is 4.19. The molecule has 2 rings (SSSR count). The van der Waals surface area contributed by atoms with Gasteiger partial charge in [-0.1, -0.05) is 32.6 Å². The Kier molecular flexibility index (Phi) is 3.13. The molecular formula is C12H23NO. The van der Waals surface area contributed by atoms with Crippen LogP contribution in [-0.2, 0) is 4.74 Å². The molecule has 1 saturated heterocycles. The van der Waals surface area contributed by atoms with Crippen LogP contribution in [0.5, 0.6) is 0 Å². The Bertz CT molecular complexity index is 183. The van der Waals surface area contributed by atoms with Gasteiger partial charge in [0.15, 0.2) is 0 Å². The molecule has 1 atom stereocenters. The average Bonchev–Trinajstić information content (AvgIpc) is 2.64. The van der Waals surface area contributed by atoms with Gasteiger partial charge in [-0.05, 0) is 24.8 Å². The van der Waals surface area contributed by atoms with E-state index in [0.29, 0.717) is 5.41 Å². The summed E-state index contributed by atoms with van der Waals surface area (Å²) in [6.45, 7) is 5.13. The number of rotatable bonds is 4. The summed E-state index contributed by atoms with van der Waals surface area (Å²) < 4.78 is 5.31. The number of hydrogen-bond donors (Lipinski definition) is 1. The summed E-state index contributed by atoms with van der Waals surface area (Å²) in [6.07, 6.45) is 6.97. The minimum Gasteiger partial charge on any atom is -0.380 e. The summed E-state index contributed by atoms with van der Waals surface area (Å²) in [5.74, 6) is 1.67. The first-order chi connectivity index (χ1) is 6.73. The van der Waals surface area contributed by atoms with Crippen LogP contribution in [0, 0.1) is 17.3 Å². The van der Waals surface area contributed by atoms with Crippen molar-refractivity contribution in [2.75, 3.05) is 19.8 Å². The normalized spacial score (nSPS) is 28.7. The molecule has 2 fully saturated rings. The lowest BCUT2D eigenvalue weighted by atomic mass is 9.74. The van der Waals surface area contributed by atoms with E-state index in [1.54, 1.807) is 0 Å².